The van der Waals surface area contributed by atoms with Crippen LogP contribution in [-0.2, 0) is 30.1 Å². The Morgan fingerprint density at radius 2 is 1.41 bits per heavy atom. The van der Waals surface area contributed by atoms with Crippen LogP contribution in [0.3, 0.4) is 0 Å². The van der Waals surface area contributed by atoms with E-state index < -0.39 is 42.0 Å². The molecule has 0 bridgehead atoms. The van der Waals surface area contributed by atoms with Crippen molar-refractivity contribution in [3.63, 3.8) is 0 Å². The number of nitrogens with one attached hydrogen (secondary N) is 1. The molecule has 3 nitrogen and oxygen atoms in total. The zero-order valence-corrected chi connectivity index (χ0v) is 13.7. The van der Waals surface area contributed by atoms with Gasteiger partial charge in [0.2, 0.25) is 0 Å². The monoisotopic (exact) mass is 391 g/mol. The molecule has 0 aliphatic heterocycles. The lowest BCUT2D eigenvalue weighted by atomic mass is 10.0. The molecule has 0 radical (unpaired) electrons. The third-order valence-electron chi connectivity index (χ3n) is 3.78. The molecular weight excluding hydrogens is 376 g/mol. The van der Waals surface area contributed by atoms with Gasteiger partial charge in [-0.1, -0.05) is 30.3 Å². The van der Waals surface area contributed by atoms with E-state index in [1.54, 1.807) is 30.3 Å². The van der Waals surface area contributed by atoms with Crippen LogP contribution in [0.25, 0.3) is 0 Å². The number of carboxylic acids is 1. The van der Waals surface area contributed by atoms with Crippen LogP contribution in [0.2, 0.25) is 0 Å². The van der Waals surface area contributed by atoms with Crippen LogP contribution in [0.1, 0.15) is 22.3 Å². The summed E-state index contributed by atoms with van der Waals surface area (Å²) in [4.78, 5) is 11.4. The van der Waals surface area contributed by atoms with Gasteiger partial charge in [-0.3, -0.25) is 4.79 Å². The number of hydrogen-bond donors (Lipinski definition) is 2. The third-order valence-corrected chi connectivity index (χ3v) is 3.78. The summed E-state index contributed by atoms with van der Waals surface area (Å²) in [5.74, 6) is -1.26. The van der Waals surface area contributed by atoms with Gasteiger partial charge in [-0.2, -0.15) is 26.3 Å². The fourth-order valence-corrected chi connectivity index (χ4v) is 2.46. The minimum absolute atomic E-state index is 0.0290. The van der Waals surface area contributed by atoms with Gasteiger partial charge in [0, 0.05) is 6.54 Å². The standard InChI is InChI=1S/C18H15F6NO2/c19-17(20,21)13-6-12(7-14(9-13)18(22,23)24)10-25-15(16(26)27)8-11-4-2-1-3-5-11/h1-7,9,15,25H,8,10H2,(H,26,27)/t15-/m0/s1. The molecule has 0 spiro atoms. The number of aliphatic carboxylic acids is 1. The van der Waals surface area contributed by atoms with Crippen molar-refractivity contribution in [1.29, 1.82) is 0 Å². The molecule has 2 N–H and O–H groups in total. The first kappa shape index (κ1) is 20.8. The van der Waals surface area contributed by atoms with Gasteiger partial charge in [0.25, 0.3) is 0 Å². The van der Waals surface area contributed by atoms with Gasteiger partial charge >= 0.3 is 18.3 Å². The summed E-state index contributed by atoms with van der Waals surface area (Å²) < 4.78 is 77.2. The van der Waals surface area contributed by atoms with Crippen molar-refractivity contribution < 1.29 is 36.2 Å². The average Bonchev–Trinajstić information content (AvgIpc) is 2.57. The van der Waals surface area contributed by atoms with Crippen LogP contribution in [0, 0.1) is 0 Å². The maximum atomic E-state index is 12.9. The lowest BCUT2D eigenvalue weighted by molar-refractivity contribution is -0.143. The molecule has 27 heavy (non-hydrogen) atoms. The summed E-state index contributed by atoms with van der Waals surface area (Å²) in [6, 6.07) is 8.46. The van der Waals surface area contributed by atoms with Gasteiger partial charge in [0.1, 0.15) is 6.04 Å². The molecule has 0 unspecified atom stereocenters. The van der Waals surface area contributed by atoms with Crippen molar-refractivity contribution in [2.24, 2.45) is 0 Å². The molecule has 9 heteroatoms. The minimum Gasteiger partial charge on any atom is -0.480 e. The Morgan fingerprint density at radius 1 is 0.889 bits per heavy atom. The topological polar surface area (TPSA) is 49.3 Å². The quantitative estimate of drug-likeness (QED) is 0.713. The third kappa shape index (κ3) is 5.99. The highest BCUT2D eigenvalue weighted by Crippen LogP contribution is 2.36. The Bertz CT molecular complexity index is 754. The Labute approximate surface area is 150 Å². The van der Waals surface area contributed by atoms with E-state index in [1.165, 1.54) is 0 Å². The largest absolute Gasteiger partial charge is 0.480 e. The molecule has 0 amide bonds. The second kappa shape index (κ2) is 7.99. The Hall–Kier alpha value is -2.55. The highest BCUT2D eigenvalue weighted by Gasteiger charge is 2.36. The fraction of sp³-hybridized carbons (Fsp3) is 0.278. The highest BCUT2D eigenvalue weighted by atomic mass is 19.4. The predicted molar refractivity (Wildman–Crippen MR) is 84.9 cm³/mol. The average molecular weight is 391 g/mol. The predicted octanol–water partition coefficient (Wildman–Crippen LogP) is 4.51. The lowest BCUT2D eigenvalue weighted by Crippen LogP contribution is -2.38. The first-order chi connectivity index (χ1) is 12.5. The van der Waals surface area contributed by atoms with E-state index in [-0.39, 0.29) is 18.1 Å². The van der Waals surface area contributed by atoms with Crippen LogP contribution >= 0.6 is 0 Å². The van der Waals surface area contributed by atoms with Gasteiger partial charge in [-0.15, -0.1) is 0 Å². The van der Waals surface area contributed by atoms with Gasteiger partial charge in [-0.05, 0) is 35.7 Å². The van der Waals surface area contributed by atoms with Crippen molar-refractivity contribution in [2.75, 3.05) is 0 Å². The first-order valence-electron chi connectivity index (χ1n) is 7.75. The van der Waals surface area contributed by atoms with Gasteiger partial charge < -0.3 is 10.4 Å². The summed E-state index contributed by atoms with van der Waals surface area (Å²) >= 11 is 0. The normalized spacial score (nSPS) is 13.4. The molecule has 2 rings (SSSR count). The van der Waals surface area contributed by atoms with Crippen molar-refractivity contribution >= 4 is 5.97 Å². The molecule has 2 aromatic rings. The minimum atomic E-state index is -4.95. The van der Waals surface area contributed by atoms with E-state index in [0.29, 0.717) is 17.7 Å². The maximum absolute atomic E-state index is 12.9. The van der Waals surface area contributed by atoms with E-state index in [2.05, 4.69) is 5.32 Å². The molecule has 0 fully saturated rings. The second-order valence-corrected chi connectivity index (χ2v) is 5.88. The molecule has 0 aliphatic rings. The summed E-state index contributed by atoms with van der Waals surface area (Å²) in [6.45, 7) is -0.462. The van der Waals surface area contributed by atoms with Crippen LogP contribution in [0.5, 0.6) is 0 Å². The fourth-order valence-electron chi connectivity index (χ4n) is 2.46. The van der Waals surface area contributed by atoms with Crippen LogP contribution in [-0.4, -0.2) is 17.1 Å². The number of rotatable bonds is 6. The van der Waals surface area contributed by atoms with Crippen molar-refractivity contribution in [1.82, 2.24) is 5.32 Å². The van der Waals surface area contributed by atoms with E-state index in [0.717, 1.165) is 0 Å². The van der Waals surface area contributed by atoms with Crippen LogP contribution < -0.4 is 5.32 Å². The van der Waals surface area contributed by atoms with E-state index in [4.69, 9.17) is 0 Å². The molecule has 0 aromatic heterocycles. The summed E-state index contributed by atoms with van der Waals surface area (Å²) in [7, 11) is 0. The summed E-state index contributed by atoms with van der Waals surface area (Å²) in [5, 5.41) is 11.8. The maximum Gasteiger partial charge on any atom is 0.416 e. The molecule has 1 atom stereocenters. The number of alkyl halides is 6. The van der Waals surface area contributed by atoms with E-state index >= 15 is 0 Å². The highest BCUT2D eigenvalue weighted by molar-refractivity contribution is 5.73. The smallest absolute Gasteiger partial charge is 0.416 e. The van der Waals surface area contributed by atoms with Gasteiger partial charge in [0.15, 0.2) is 0 Å². The number of carbonyl (C=O) groups is 1. The lowest BCUT2D eigenvalue weighted by Gasteiger charge is -2.17. The molecule has 0 heterocycles. The van der Waals surface area contributed by atoms with Crippen molar-refractivity contribution in [3.8, 4) is 0 Å². The molecular formula is C18H15F6NO2. The van der Waals surface area contributed by atoms with Gasteiger partial charge in [-0.25, -0.2) is 0 Å². The SMILES string of the molecule is O=C(O)[C@H](Cc1ccccc1)NCc1cc(C(F)(F)F)cc(C(F)(F)F)c1. The Kier molecular flexibility index (Phi) is 6.15. The molecule has 0 saturated carbocycles. The molecule has 146 valence electrons. The second-order valence-electron chi connectivity index (χ2n) is 5.88. The van der Waals surface area contributed by atoms with Crippen molar-refractivity contribution in [2.45, 2.75) is 31.4 Å². The van der Waals surface area contributed by atoms with Crippen molar-refractivity contribution in [3.05, 3.63) is 70.8 Å². The molecule has 0 aliphatic carbocycles. The Morgan fingerprint density at radius 3 is 1.85 bits per heavy atom. The Balaban J connectivity index is 2.23. The molecule has 0 saturated heterocycles. The van der Waals surface area contributed by atoms with E-state index in [9.17, 15) is 36.2 Å². The summed E-state index contributed by atoms with van der Waals surface area (Å²) in [6.07, 6.45) is -9.88. The number of halogens is 6. The first-order valence-corrected chi connectivity index (χ1v) is 7.75. The number of carboxylic acid groups (broad SMARTS) is 1. The summed E-state index contributed by atoms with van der Waals surface area (Å²) in [5.41, 5.74) is -2.53. The van der Waals surface area contributed by atoms with Crippen LogP contribution in [0.15, 0.2) is 48.5 Å². The number of benzene rings is 2. The molecule has 2 aromatic carbocycles. The van der Waals surface area contributed by atoms with Gasteiger partial charge in [0.05, 0.1) is 11.1 Å². The van der Waals surface area contributed by atoms with E-state index in [1.807, 2.05) is 0 Å². The zero-order valence-electron chi connectivity index (χ0n) is 13.7. The number of hydrogen-bond acceptors (Lipinski definition) is 2. The van der Waals surface area contributed by atoms with Crippen LogP contribution in [0.4, 0.5) is 26.3 Å². The zero-order chi connectivity index (χ0) is 20.2.